The monoisotopic (exact) mass is 352 g/mol. The van der Waals surface area contributed by atoms with Crippen LogP contribution in [0.25, 0.3) is 0 Å². The first-order valence-corrected chi connectivity index (χ1v) is 8.78. The summed E-state index contributed by atoms with van der Waals surface area (Å²) in [5.41, 5.74) is 2.41. The van der Waals surface area contributed by atoms with Gasteiger partial charge in [0.1, 0.15) is 5.69 Å². The third-order valence-electron chi connectivity index (χ3n) is 3.94. The molecule has 4 heterocycles. The van der Waals surface area contributed by atoms with E-state index in [0.717, 1.165) is 37.4 Å². The number of nitrogens with zero attached hydrogens (tertiary/aromatic N) is 5. The van der Waals surface area contributed by atoms with E-state index in [1.54, 1.807) is 0 Å². The minimum Gasteiger partial charge on any atom is -0.296 e. The molecule has 0 atom stereocenters. The van der Waals surface area contributed by atoms with Crippen molar-refractivity contribution in [1.29, 1.82) is 0 Å². The number of fused-ring (bicyclic) bond motifs is 1. The Balaban J connectivity index is 1.43. The lowest BCUT2D eigenvalue weighted by Gasteiger charge is -2.25. The lowest BCUT2D eigenvalue weighted by atomic mass is 10.1. The Morgan fingerprint density at radius 2 is 2.20 bits per heavy atom. The van der Waals surface area contributed by atoms with E-state index >= 15 is 0 Å². The first-order valence-electron chi connectivity index (χ1n) is 7.96. The maximum absolute atomic E-state index is 12.2. The molecule has 3 aromatic heterocycles. The highest BCUT2D eigenvalue weighted by Crippen LogP contribution is 2.29. The van der Waals surface area contributed by atoms with Crippen LogP contribution in [0.4, 0.5) is 5.13 Å². The van der Waals surface area contributed by atoms with E-state index in [9.17, 15) is 4.79 Å². The number of anilines is 1. The molecule has 0 saturated heterocycles. The molecule has 4 rings (SSSR count). The number of aromatic nitrogens is 4. The third-order valence-corrected chi connectivity index (χ3v) is 4.94. The maximum atomic E-state index is 12.2. The van der Waals surface area contributed by atoms with Gasteiger partial charge in [-0.3, -0.25) is 25.0 Å². The van der Waals surface area contributed by atoms with E-state index in [4.69, 9.17) is 0 Å². The molecule has 3 aromatic rings. The first kappa shape index (κ1) is 15.8. The molecule has 126 valence electrons. The second-order valence-corrected chi connectivity index (χ2v) is 6.80. The number of nitrogens with one attached hydrogen (secondary N) is 1. The lowest BCUT2D eigenvalue weighted by molar-refractivity contribution is 0.102. The summed E-state index contributed by atoms with van der Waals surface area (Å²) in [5.74, 6) is -0.287. The Morgan fingerprint density at radius 1 is 1.24 bits per heavy atom. The molecule has 0 fully saturated rings. The Morgan fingerprint density at radius 3 is 3.00 bits per heavy atom. The van der Waals surface area contributed by atoms with Gasteiger partial charge in [-0.15, -0.1) is 11.3 Å². The van der Waals surface area contributed by atoms with Gasteiger partial charge < -0.3 is 0 Å². The predicted octanol–water partition coefficient (Wildman–Crippen LogP) is 2.14. The maximum Gasteiger partial charge on any atom is 0.277 e. The highest BCUT2D eigenvalue weighted by molar-refractivity contribution is 7.15. The first-order chi connectivity index (χ1) is 12.3. The van der Waals surface area contributed by atoms with Crippen LogP contribution in [0, 0.1) is 0 Å². The van der Waals surface area contributed by atoms with Crippen LogP contribution in [0.5, 0.6) is 0 Å². The Labute approximate surface area is 148 Å². The molecule has 1 aliphatic rings. The van der Waals surface area contributed by atoms with Crippen LogP contribution in [-0.2, 0) is 19.5 Å². The molecule has 25 heavy (non-hydrogen) atoms. The van der Waals surface area contributed by atoms with Gasteiger partial charge in [-0.1, -0.05) is 6.07 Å². The average Bonchev–Trinajstić information content (AvgIpc) is 3.05. The highest BCUT2D eigenvalue weighted by atomic mass is 32.1. The second-order valence-electron chi connectivity index (χ2n) is 5.72. The second kappa shape index (κ2) is 7.04. The quantitative estimate of drug-likeness (QED) is 0.774. The third kappa shape index (κ3) is 3.70. The van der Waals surface area contributed by atoms with E-state index < -0.39 is 0 Å². The van der Waals surface area contributed by atoms with E-state index in [0.29, 0.717) is 5.13 Å². The number of carbonyl (C=O) groups is 1. The van der Waals surface area contributed by atoms with Crippen LogP contribution in [0.15, 0.2) is 43.0 Å². The van der Waals surface area contributed by atoms with Crippen LogP contribution >= 0.6 is 11.3 Å². The van der Waals surface area contributed by atoms with Gasteiger partial charge in [-0.2, -0.15) is 0 Å². The van der Waals surface area contributed by atoms with Crippen LogP contribution in [0.2, 0.25) is 0 Å². The van der Waals surface area contributed by atoms with Gasteiger partial charge in [0.15, 0.2) is 5.13 Å². The fourth-order valence-corrected chi connectivity index (χ4v) is 3.78. The summed E-state index contributed by atoms with van der Waals surface area (Å²) in [7, 11) is 0. The Hall–Kier alpha value is -2.71. The van der Waals surface area contributed by atoms with Gasteiger partial charge >= 0.3 is 0 Å². The van der Waals surface area contributed by atoms with Gasteiger partial charge in [-0.05, 0) is 12.1 Å². The number of thiazole rings is 1. The number of rotatable bonds is 4. The van der Waals surface area contributed by atoms with E-state index in [1.165, 1.54) is 34.8 Å². The van der Waals surface area contributed by atoms with Crippen molar-refractivity contribution < 1.29 is 4.79 Å². The normalized spacial score (nSPS) is 14.1. The van der Waals surface area contributed by atoms with Gasteiger partial charge in [0, 0.05) is 49.5 Å². The zero-order valence-electron chi connectivity index (χ0n) is 13.4. The molecule has 0 unspecified atom stereocenters. The van der Waals surface area contributed by atoms with Crippen molar-refractivity contribution in [2.24, 2.45) is 0 Å². The van der Waals surface area contributed by atoms with Crippen molar-refractivity contribution in [2.75, 3.05) is 11.9 Å². The van der Waals surface area contributed by atoms with Crippen LogP contribution in [0.1, 0.15) is 26.8 Å². The summed E-state index contributed by atoms with van der Waals surface area (Å²) < 4.78 is 0. The van der Waals surface area contributed by atoms with E-state index in [1.807, 2.05) is 24.4 Å². The van der Waals surface area contributed by atoms with Crippen LogP contribution in [0.3, 0.4) is 0 Å². The summed E-state index contributed by atoms with van der Waals surface area (Å²) in [6, 6.07) is 5.96. The number of pyridine rings is 1. The molecule has 1 amide bonds. The van der Waals surface area contributed by atoms with Crippen molar-refractivity contribution in [2.45, 2.75) is 19.5 Å². The lowest BCUT2D eigenvalue weighted by Crippen LogP contribution is -2.29. The molecular formula is C17H16N6OS. The van der Waals surface area contributed by atoms with Crippen molar-refractivity contribution in [3.05, 3.63) is 64.9 Å². The van der Waals surface area contributed by atoms with Crippen molar-refractivity contribution in [3.8, 4) is 0 Å². The van der Waals surface area contributed by atoms with Crippen molar-refractivity contribution >= 4 is 22.4 Å². The fraction of sp³-hybridized carbons (Fsp3) is 0.235. The molecule has 0 saturated carbocycles. The molecule has 0 aromatic carbocycles. The minimum atomic E-state index is -0.287. The predicted molar refractivity (Wildman–Crippen MR) is 94.2 cm³/mol. The smallest absolute Gasteiger partial charge is 0.277 e. The standard InChI is InChI=1S/C17H16N6OS/c24-16(14-9-18-6-7-20-14)22-17-21-13-4-8-23(11-15(13)25-17)10-12-3-1-2-5-19-12/h1-3,5-7,9H,4,8,10-11H2,(H,21,22,24). The number of carbonyl (C=O) groups excluding carboxylic acids is 1. The van der Waals surface area contributed by atoms with Crippen molar-refractivity contribution in [1.82, 2.24) is 24.8 Å². The van der Waals surface area contributed by atoms with Gasteiger partial charge in [0.25, 0.3) is 5.91 Å². The molecule has 1 aliphatic heterocycles. The minimum absolute atomic E-state index is 0.285. The summed E-state index contributed by atoms with van der Waals surface area (Å²) in [4.78, 5) is 32.6. The summed E-state index contributed by atoms with van der Waals surface area (Å²) in [6.45, 7) is 2.58. The largest absolute Gasteiger partial charge is 0.296 e. The van der Waals surface area contributed by atoms with E-state index in [2.05, 4.69) is 30.2 Å². The Bertz CT molecular complexity index is 867. The number of hydrogen-bond acceptors (Lipinski definition) is 7. The SMILES string of the molecule is O=C(Nc1nc2c(s1)CN(Cc1ccccn1)CC2)c1cnccn1. The van der Waals surface area contributed by atoms with Gasteiger partial charge in [0.2, 0.25) is 0 Å². The number of hydrogen-bond donors (Lipinski definition) is 1. The molecule has 0 bridgehead atoms. The van der Waals surface area contributed by atoms with E-state index in [-0.39, 0.29) is 11.6 Å². The number of amides is 1. The van der Waals surface area contributed by atoms with Crippen molar-refractivity contribution in [3.63, 3.8) is 0 Å². The van der Waals surface area contributed by atoms with Crippen LogP contribution < -0.4 is 5.32 Å². The molecule has 0 aliphatic carbocycles. The van der Waals surface area contributed by atoms with Crippen LogP contribution in [-0.4, -0.2) is 37.3 Å². The summed E-state index contributed by atoms with van der Waals surface area (Å²) >= 11 is 1.52. The molecule has 0 spiro atoms. The fourth-order valence-electron chi connectivity index (χ4n) is 2.74. The Kier molecular flexibility index (Phi) is 4.45. The molecule has 8 heteroatoms. The highest BCUT2D eigenvalue weighted by Gasteiger charge is 2.22. The van der Waals surface area contributed by atoms with Gasteiger partial charge in [-0.25, -0.2) is 9.97 Å². The molecular weight excluding hydrogens is 336 g/mol. The van der Waals surface area contributed by atoms with Gasteiger partial charge in [0.05, 0.1) is 17.6 Å². The average molecular weight is 352 g/mol. The topological polar surface area (TPSA) is 83.9 Å². The summed E-state index contributed by atoms with van der Waals surface area (Å²) in [6.07, 6.45) is 7.17. The molecule has 7 nitrogen and oxygen atoms in total. The zero-order valence-corrected chi connectivity index (χ0v) is 14.2. The molecule has 1 N–H and O–H groups in total. The summed E-state index contributed by atoms with van der Waals surface area (Å²) in [5, 5.41) is 3.43. The molecule has 0 radical (unpaired) electrons. The zero-order chi connectivity index (χ0) is 17.1.